The van der Waals surface area contributed by atoms with Crippen molar-refractivity contribution in [2.75, 3.05) is 6.26 Å². The van der Waals surface area contributed by atoms with Gasteiger partial charge in [-0.25, -0.2) is 12.8 Å². The third-order valence-corrected chi connectivity index (χ3v) is 9.87. The third-order valence-electron chi connectivity index (χ3n) is 8.28. The second-order valence-corrected chi connectivity index (χ2v) is 12.8. The molecule has 0 amide bonds. The molecule has 3 aliphatic carbocycles. The molecule has 0 aromatic heterocycles. The fourth-order valence-corrected chi connectivity index (χ4v) is 6.45. The van der Waals surface area contributed by atoms with Crippen LogP contribution < -0.4 is 0 Å². The minimum Gasteiger partial charge on any atom is -0.393 e. The van der Waals surface area contributed by atoms with Crippen molar-refractivity contribution in [1.82, 2.24) is 0 Å². The molecule has 0 saturated heterocycles. The Balaban J connectivity index is 1.78. The SMILES string of the molecule is C=C1CCC(O)C/C1=C/C=C1\CCCC2(C)C1CCC2C(C)/C=C/C(C)(F)S(C)(=O)=O. The number of hydrogen-bond acceptors (Lipinski definition) is 3. The van der Waals surface area contributed by atoms with Gasteiger partial charge in [0, 0.05) is 6.26 Å². The van der Waals surface area contributed by atoms with Gasteiger partial charge in [0.15, 0.2) is 9.84 Å². The van der Waals surface area contributed by atoms with Crippen LogP contribution >= 0.6 is 0 Å². The van der Waals surface area contributed by atoms with Crippen LogP contribution in [0.5, 0.6) is 0 Å². The molecule has 0 radical (unpaired) electrons. The van der Waals surface area contributed by atoms with Crippen LogP contribution in [0.2, 0.25) is 0 Å². The predicted molar refractivity (Wildman–Crippen MR) is 126 cm³/mol. The molecule has 0 aromatic rings. The molecule has 0 aliphatic heterocycles. The van der Waals surface area contributed by atoms with Gasteiger partial charge in [-0.05, 0) is 93.1 Å². The molecule has 31 heavy (non-hydrogen) atoms. The number of allylic oxidation sites excluding steroid dienone is 5. The molecule has 3 nitrogen and oxygen atoms in total. The highest BCUT2D eigenvalue weighted by molar-refractivity contribution is 7.92. The van der Waals surface area contributed by atoms with Crippen LogP contribution in [-0.4, -0.2) is 30.9 Å². The lowest BCUT2D eigenvalue weighted by atomic mass is 9.61. The highest BCUT2D eigenvalue weighted by atomic mass is 32.2. The van der Waals surface area contributed by atoms with Crippen molar-refractivity contribution in [2.24, 2.45) is 23.2 Å². The van der Waals surface area contributed by atoms with E-state index in [1.807, 2.05) is 0 Å². The van der Waals surface area contributed by atoms with Gasteiger partial charge in [0.1, 0.15) is 0 Å². The van der Waals surface area contributed by atoms with Crippen molar-refractivity contribution in [1.29, 1.82) is 0 Å². The summed E-state index contributed by atoms with van der Waals surface area (Å²) in [6.45, 7) is 9.76. The molecule has 6 atom stereocenters. The van der Waals surface area contributed by atoms with Crippen molar-refractivity contribution in [2.45, 2.75) is 83.2 Å². The monoisotopic (exact) mass is 450 g/mol. The van der Waals surface area contributed by atoms with Gasteiger partial charge < -0.3 is 5.11 Å². The molecule has 5 heteroatoms. The number of hydrogen-bond donors (Lipinski definition) is 1. The maximum atomic E-state index is 14.6. The maximum absolute atomic E-state index is 14.6. The van der Waals surface area contributed by atoms with Gasteiger partial charge in [-0.3, -0.25) is 0 Å². The van der Waals surface area contributed by atoms with Gasteiger partial charge in [0.05, 0.1) is 6.10 Å². The molecule has 3 rings (SSSR count). The van der Waals surface area contributed by atoms with E-state index in [-0.39, 0.29) is 17.4 Å². The van der Waals surface area contributed by atoms with E-state index < -0.39 is 14.8 Å². The quantitative estimate of drug-likeness (QED) is 0.517. The lowest BCUT2D eigenvalue weighted by Crippen LogP contribution is -2.35. The number of aliphatic hydroxyl groups excluding tert-OH is 1. The Labute approximate surface area is 188 Å². The molecule has 1 N–H and O–H groups in total. The highest BCUT2D eigenvalue weighted by Gasteiger charge is 2.50. The van der Waals surface area contributed by atoms with Gasteiger partial charge >= 0.3 is 0 Å². The number of aliphatic hydroxyl groups is 1. The number of fused-ring (bicyclic) bond motifs is 1. The van der Waals surface area contributed by atoms with Crippen LogP contribution in [0.1, 0.15) is 72.1 Å². The van der Waals surface area contributed by atoms with Crippen LogP contribution in [-0.2, 0) is 9.84 Å². The van der Waals surface area contributed by atoms with Crippen LogP contribution in [0, 0.1) is 23.2 Å². The van der Waals surface area contributed by atoms with Gasteiger partial charge in [0.2, 0.25) is 5.00 Å². The van der Waals surface area contributed by atoms with Crippen LogP contribution in [0.4, 0.5) is 4.39 Å². The number of halogens is 1. The average Bonchev–Trinajstić information content (AvgIpc) is 3.03. The van der Waals surface area contributed by atoms with E-state index in [0.29, 0.717) is 18.3 Å². The van der Waals surface area contributed by atoms with Crippen molar-refractivity contribution < 1.29 is 17.9 Å². The Morgan fingerprint density at radius 1 is 1.26 bits per heavy atom. The highest BCUT2D eigenvalue weighted by Crippen LogP contribution is 2.59. The van der Waals surface area contributed by atoms with E-state index in [1.54, 1.807) is 6.08 Å². The first kappa shape index (κ1) is 24.4. The fraction of sp³-hybridized carbons (Fsp3) is 0.692. The van der Waals surface area contributed by atoms with Gasteiger partial charge in [-0.1, -0.05) is 49.8 Å². The van der Waals surface area contributed by atoms with E-state index in [2.05, 4.69) is 32.6 Å². The molecular weight excluding hydrogens is 411 g/mol. The zero-order valence-corrected chi connectivity index (χ0v) is 20.3. The largest absolute Gasteiger partial charge is 0.393 e. The number of alkyl halides is 1. The van der Waals surface area contributed by atoms with Gasteiger partial charge in [0.25, 0.3) is 0 Å². The molecule has 3 fully saturated rings. The smallest absolute Gasteiger partial charge is 0.225 e. The van der Waals surface area contributed by atoms with Crippen molar-refractivity contribution in [3.63, 3.8) is 0 Å². The summed E-state index contributed by atoms with van der Waals surface area (Å²) in [5.74, 6) is 1.04. The third kappa shape index (κ3) is 5.08. The summed E-state index contributed by atoms with van der Waals surface area (Å²) in [7, 11) is -3.79. The lowest BCUT2D eigenvalue weighted by molar-refractivity contribution is 0.112. The van der Waals surface area contributed by atoms with Crippen molar-refractivity contribution in [3.05, 3.63) is 47.6 Å². The minimum atomic E-state index is -3.79. The standard InChI is InChI=1S/C26H39FO3S/c1-18-8-11-22(28)17-21(18)10-9-20-7-6-15-25(3)23(12-13-24(20)25)19(2)14-16-26(4,27)31(5,29)30/h9-10,14,16,19,22-24,28H,1,6-8,11-13,15,17H2,2-5H3/b16-14+,20-9+,21-10-. The summed E-state index contributed by atoms with van der Waals surface area (Å²) in [5, 5.41) is 7.68. The molecule has 0 aromatic carbocycles. The first-order chi connectivity index (χ1) is 14.3. The van der Waals surface area contributed by atoms with Crippen molar-refractivity contribution >= 4 is 9.84 Å². The molecule has 0 bridgehead atoms. The molecule has 0 heterocycles. The maximum Gasteiger partial charge on any atom is 0.225 e. The van der Waals surface area contributed by atoms with Crippen LogP contribution in [0.25, 0.3) is 0 Å². The van der Waals surface area contributed by atoms with Crippen LogP contribution in [0.15, 0.2) is 47.6 Å². The second-order valence-electron chi connectivity index (χ2n) is 10.5. The van der Waals surface area contributed by atoms with Gasteiger partial charge in [-0.2, -0.15) is 0 Å². The first-order valence-corrected chi connectivity index (χ1v) is 13.6. The molecule has 3 aliphatic rings. The van der Waals surface area contributed by atoms with E-state index in [1.165, 1.54) is 17.2 Å². The summed E-state index contributed by atoms with van der Waals surface area (Å²) >= 11 is 0. The molecule has 174 valence electrons. The fourth-order valence-electron chi connectivity index (χ4n) is 6.12. The summed E-state index contributed by atoms with van der Waals surface area (Å²) in [6.07, 6.45) is 16.1. The number of rotatable bonds is 5. The normalized spacial score (nSPS) is 37.9. The average molecular weight is 451 g/mol. The summed E-state index contributed by atoms with van der Waals surface area (Å²) in [4.78, 5) is 0. The van der Waals surface area contributed by atoms with E-state index in [9.17, 15) is 17.9 Å². The summed E-state index contributed by atoms with van der Waals surface area (Å²) < 4.78 is 38.0. The Morgan fingerprint density at radius 2 is 1.97 bits per heavy atom. The Bertz CT molecular complexity index is 896. The number of sulfone groups is 1. The Kier molecular flexibility index (Phi) is 7.08. The Hall–Kier alpha value is -1.20. The van der Waals surface area contributed by atoms with Crippen molar-refractivity contribution in [3.8, 4) is 0 Å². The minimum absolute atomic E-state index is 0.123. The van der Waals surface area contributed by atoms with E-state index in [0.717, 1.165) is 63.7 Å². The van der Waals surface area contributed by atoms with E-state index >= 15 is 0 Å². The topological polar surface area (TPSA) is 54.4 Å². The molecular formula is C26H39FO3S. The van der Waals surface area contributed by atoms with Gasteiger partial charge in [-0.15, -0.1) is 0 Å². The molecule has 3 saturated carbocycles. The van der Waals surface area contributed by atoms with Crippen LogP contribution in [0.3, 0.4) is 0 Å². The summed E-state index contributed by atoms with van der Waals surface area (Å²) in [6, 6.07) is 0. The second kappa shape index (κ2) is 8.97. The predicted octanol–water partition coefficient (Wildman–Crippen LogP) is 6.08. The van der Waals surface area contributed by atoms with E-state index in [4.69, 9.17) is 0 Å². The lowest BCUT2D eigenvalue weighted by Gasteiger charge is -2.44. The Morgan fingerprint density at radius 3 is 2.65 bits per heavy atom. The zero-order chi connectivity index (χ0) is 23.0. The molecule has 6 unspecified atom stereocenters. The molecule has 0 spiro atoms. The zero-order valence-electron chi connectivity index (χ0n) is 19.5. The first-order valence-electron chi connectivity index (χ1n) is 11.7. The summed E-state index contributed by atoms with van der Waals surface area (Å²) in [5.41, 5.74) is 3.95.